The van der Waals surface area contributed by atoms with Gasteiger partial charge < -0.3 is 15.2 Å². The second-order valence-corrected chi connectivity index (χ2v) is 7.53. The van der Waals surface area contributed by atoms with E-state index in [0.29, 0.717) is 25.6 Å². The van der Waals surface area contributed by atoms with Gasteiger partial charge >= 0.3 is 0 Å². The molecule has 1 spiro atoms. The first kappa shape index (κ1) is 13.9. The van der Waals surface area contributed by atoms with Crippen molar-refractivity contribution in [1.29, 1.82) is 0 Å². The third-order valence-electron chi connectivity index (χ3n) is 5.01. The number of ketones is 1. The summed E-state index contributed by atoms with van der Waals surface area (Å²) >= 11 is 1.94. The predicted octanol–water partition coefficient (Wildman–Crippen LogP) is 1.22. The Balaban J connectivity index is 1.73. The molecule has 3 saturated heterocycles. The topological polar surface area (TPSA) is 61.5 Å². The van der Waals surface area contributed by atoms with Crippen molar-refractivity contribution in [1.82, 2.24) is 0 Å². The Morgan fingerprint density at radius 1 is 1.47 bits per heavy atom. The van der Waals surface area contributed by atoms with Crippen molar-refractivity contribution in [3.8, 4) is 0 Å². The summed E-state index contributed by atoms with van der Waals surface area (Å²) in [6.45, 7) is 3.67. The van der Waals surface area contributed by atoms with Crippen LogP contribution >= 0.6 is 11.8 Å². The summed E-state index contributed by atoms with van der Waals surface area (Å²) in [6.07, 6.45) is 2.80. The zero-order valence-electron chi connectivity index (χ0n) is 11.5. The highest BCUT2D eigenvalue weighted by atomic mass is 32.2. The molecule has 4 atom stereocenters. The van der Waals surface area contributed by atoms with Gasteiger partial charge in [-0.05, 0) is 31.9 Å². The third-order valence-corrected chi connectivity index (χ3v) is 6.23. The van der Waals surface area contributed by atoms with Gasteiger partial charge in [-0.1, -0.05) is 0 Å². The minimum atomic E-state index is -0.491. The molecule has 0 aromatic rings. The summed E-state index contributed by atoms with van der Waals surface area (Å²) in [5.41, 5.74) is 5.55. The fraction of sp³-hybridized carbons (Fsp3) is 0.929. The van der Waals surface area contributed by atoms with Gasteiger partial charge in [-0.2, -0.15) is 11.8 Å². The third kappa shape index (κ3) is 2.35. The van der Waals surface area contributed by atoms with Gasteiger partial charge in [0, 0.05) is 24.3 Å². The van der Waals surface area contributed by atoms with E-state index < -0.39 is 5.41 Å². The number of Topliss-reactive ketones (excluding diaryl/α,β-unsaturated/α-hetero) is 1. The lowest BCUT2D eigenvalue weighted by atomic mass is 9.71. The summed E-state index contributed by atoms with van der Waals surface area (Å²) in [5, 5.41) is 0. The van der Waals surface area contributed by atoms with Crippen LogP contribution in [0.1, 0.15) is 26.2 Å². The van der Waals surface area contributed by atoms with E-state index >= 15 is 0 Å². The van der Waals surface area contributed by atoms with Crippen molar-refractivity contribution in [3.63, 3.8) is 0 Å². The molecule has 3 aliphatic heterocycles. The molecule has 108 valence electrons. The molecule has 0 saturated carbocycles. The Labute approximate surface area is 118 Å². The van der Waals surface area contributed by atoms with Crippen molar-refractivity contribution >= 4 is 17.5 Å². The lowest BCUT2D eigenvalue weighted by Crippen LogP contribution is -2.50. The maximum atomic E-state index is 12.9. The summed E-state index contributed by atoms with van der Waals surface area (Å²) in [4.78, 5) is 12.9. The van der Waals surface area contributed by atoms with Crippen molar-refractivity contribution < 1.29 is 14.3 Å². The van der Waals surface area contributed by atoms with E-state index in [4.69, 9.17) is 15.2 Å². The van der Waals surface area contributed by atoms with Gasteiger partial charge in [0.05, 0.1) is 24.2 Å². The Morgan fingerprint density at radius 3 is 2.95 bits per heavy atom. The number of thioether (sulfide) groups is 1. The molecule has 0 amide bonds. The van der Waals surface area contributed by atoms with Gasteiger partial charge in [0.15, 0.2) is 0 Å². The molecule has 2 N–H and O–H groups in total. The van der Waals surface area contributed by atoms with Gasteiger partial charge in [-0.3, -0.25) is 4.79 Å². The van der Waals surface area contributed by atoms with Gasteiger partial charge in [0.2, 0.25) is 0 Å². The first-order valence-corrected chi connectivity index (χ1v) is 8.31. The van der Waals surface area contributed by atoms with Gasteiger partial charge in [0.25, 0.3) is 0 Å². The highest BCUT2D eigenvalue weighted by molar-refractivity contribution is 7.99. The number of carbonyl (C=O) groups is 1. The van der Waals surface area contributed by atoms with Crippen molar-refractivity contribution in [2.45, 2.75) is 37.8 Å². The van der Waals surface area contributed by atoms with E-state index in [-0.39, 0.29) is 17.6 Å². The van der Waals surface area contributed by atoms with Crippen LogP contribution < -0.4 is 5.73 Å². The average molecular weight is 285 g/mol. The molecule has 4 nitrogen and oxygen atoms in total. The van der Waals surface area contributed by atoms with E-state index in [1.807, 2.05) is 18.7 Å². The van der Waals surface area contributed by atoms with Crippen LogP contribution in [0.2, 0.25) is 0 Å². The van der Waals surface area contributed by atoms with Crippen LogP contribution in [0.25, 0.3) is 0 Å². The number of hydrogen-bond acceptors (Lipinski definition) is 5. The van der Waals surface area contributed by atoms with E-state index in [1.165, 1.54) is 0 Å². The molecule has 4 unspecified atom stereocenters. The minimum Gasteiger partial charge on any atom is -0.379 e. The Bertz CT molecular complexity index is 370. The van der Waals surface area contributed by atoms with Crippen molar-refractivity contribution in [2.24, 2.45) is 17.1 Å². The van der Waals surface area contributed by atoms with Crippen molar-refractivity contribution in [2.75, 3.05) is 31.3 Å². The fourth-order valence-corrected chi connectivity index (χ4v) is 4.90. The molecule has 3 heterocycles. The maximum absolute atomic E-state index is 12.9. The van der Waals surface area contributed by atoms with Crippen LogP contribution in [0.5, 0.6) is 0 Å². The van der Waals surface area contributed by atoms with E-state index in [0.717, 1.165) is 30.8 Å². The Hall–Kier alpha value is -0.100. The lowest BCUT2D eigenvalue weighted by molar-refractivity contribution is -0.143. The summed E-state index contributed by atoms with van der Waals surface area (Å²) < 4.78 is 11.4. The largest absolute Gasteiger partial charge is 0.379 e. The summed E-state index contributed by atoms with van der Waals surface area (Å²) in [7, 11) is 0. The molecule has 5 heteroatoms. The molecule has 0 bridgehead atoms. The first-order valence-electron chi connectivity index (χ1n) is 7.15. The number of carbonyl (C=O) groups excluding carboxylic acids is 1. The average Bonchev–Trinajstić information content (AvgIpc) is 2.98. The Kier molecular flexibility index (Phi) is 3.67. The molecule has 0 aliphatic carbocycles. The van der Waals surface area contributed by atoms with E-state index in [1.54, 1.807) is 0 Å². The monoisotopic (exact) mass is 285 g/mol. The van der Waals surface area contributed by atoms with Crippen LogP contribution in [0, 0.1) is 11.3 Å². The van der Waals surface area contributed by atoms with Crippen LogP contribution in [-0.4, -0.2) is 48.8 Å². The van der Waals surface area contributed by atoms with Gasteiger partial charge in [0.1, 0.15) is 5.78 Å². The molecular weight excluding hydrogens is 262 g/mol. The van der Waals surface area contributed by atoms with Crippen molar-refractivity contribution in [3.05, 3.63) is 0 Å². The maximum Gasteiger partial charge on any atom is 0.145 e. The second kappa shape index (κ2) is 5.02. The SMILES string of the molecule is CC1(C(=O)C2CCOC3(CCSC3)C2)COCC1N. The number of rotatable bonds is 2. The summed E-state index contributed by atoms with van der Waals surface area (Å²) in [6, 6.07) is -0.156. The van der Waals surface area contributed by atoms with E-state index in [2.05, 4.69) is 0 Å². The molecule has 3 aliphatic rings. The molecule has 0 radical (unpaired) electrons. The van der Waals surface area contributed by atoms with Crippen LogP contribution in [0.4, 0.5) is 0 Å². The molecular formula is C14H23NO3S. The minimum absolute atomic E-state index is 0.0385. The molecule has 19 heavy (non-hydrogen) atoms. The van der Waals surface area contributed by atoms with Gasteiger partial charge in [-0.15, -0.1) is 0 Å². The fourth-order valence-electron chi connectivity index (χ4n) is 3.52. The second-order valence-electron chi connectivity index (χ2n) is 6.43. The van der Waals surface area contributed by atoms with Crippen LogP contribution in [-0.2, 0) is 14.3 Å². The summed E-state index contributed by atoms with van der Waals surface area (Å²) in [5.74, 6) is 2.60. The lowest BCUT2D eigenvalue weighted by Gasteiger charge is -2.40. The highest BCUT2D eigenvalue weighted by Crippen LogP contribution is 2.43. The molecule has 3 fully saturated rings. The smallest absolute Gasteiger partial charge is 0.145 e. The normalized spacial score (nSPS) is 46.8. The number of hydrogen-bond donors (Lipinski definition) is 1. The van der Waals surface area contributed by atoms with Crippen LogP contribution in [0.15, 0.2) is 0 Å². The number of ether oxygens (including phenoxy) is 2. The standard InChI is InChI=1S/C14H23NO3S/c1-13(8-17-7-11(13)15)12(16)10-2-4-18-14(6-10)3-5-19-9-14/h10-11H,2-9,15H2,1H3. The van der Waals surface area contributed by atoms with E-state index in [9.17, 15) is 4.79 Å². The number of nitrogens with two attached hydrogens (primary N) is 1. The first-order chi connectivity index (χ1) is 9.06. The quantitative estimate of drug-likeness (QED) is 0.826. The Morgan fingerprint density at radius 2 is 2.32 bits per heavy atom. The molecule has 3 rings (SSSR count). The zero-order valence-corrected chi connectivity index (χ0v) is 12.3. The zero-order chi connectivity index (χ0) is 13.5. The molecule has 0 aromatic heterocycles. The highest BCUT2D eigenvalue weighted by Gasteiger charge is 2.50. The van der Waals surface area contributed by atoms with Crippen LogP contribution in [0.3, 0.4) is 0 Å². The predicted molar refractivity (Wildman–Crippen MR) is 75.3 cm³/mol. The molecule has 0 aromatic carbocycles. The van der Waals surface area contributed by atoms with Gasteiger partial charge in [-0.25, -0.2) is 0 Å².